The number of aryl methyl sites for hydroxylation is 1. The Balaban J connectivity index is 1.39. The molecule has 2 aliphatic rings. The fraction of sp³-hybridized carbons (Fsp3) is 0.290. The van der Waals surface area contributed by atoms with Crippen LogP contribution in [0.25, 0.3) is 5.76 Å². The van der Waals surface area contributed by atoms with Gasteiger partial charge in [-0.15, -0.1) is 0 Å². The maximum Gasteiger partial charge on any atom is 0.295 e. The van der Waals surface area contributed by atoms with Gasteiger partial charge < -0.3 is 19.5 Å². The minimum atomic E-state index is -0.668. The number of benzene rings is 3. The average molecular weight is 513 g/mol. The van der Waals surface area contributed by atoms with E-state index in [0.717, 1.165) is 24.2 Å². The third-order valence-corrected chi connectivity index (χ3v) is 7.03. The second-order valence-corrected chi connectivity index (χ2v) is 9.66. The maximum absolute atomic E-state index is 13.3. The molecule has 3 aromatic carbocycles. The lowest BCUT2D eigenvalue weighted by molar-refractivity contribution is -0.140. The Morgan fingerprint density at radius 3 is 2.39 bits per heavy atom. The van der Waals surface area contributed by atoms with Crippen molar-refractivity contribution in [3.8, 4) is 5.75 Å². The highest BCUT2D eigenvalue weighted by Gasteiger charge is 2.46. The number of ether oxygens (including phenoxy) is 2. The van der Waals surface area contributed by atoms with Gasteiger partial charge in [0.05, 0.1) is 24.8 Å². The standard InChI is InChI=1S/C31H32N2O5/c1-22-6-5-7-23(20-22)21-38-26-12-10-25(11-13-26)29(34)27-28(24-8-3-2-4-9-24)33(31(36)30(27)35)15-14-32-16-18-37-19-17-32/h2-13,20,28,34H,14-19,21H2,1H3/b29-27+/t28-/m1/s1. The molecular weight excluding hydrogens is 480 g/mol. The number of morpholine rings is 1. The second-order valence-electron chi connectivity index (χ2n) is 9.66. The van der Waals surface area contributed by atoms with Gasteiger partial charge in [-0.05, 0) is 42.3 Å². The fourth-order valence-electron chi connectivity index (χ4n) is 5.00. The van der Waals surface area contributed by atoms with Crippen LogP contribution in [0.3, 0.4) is 0 Å². The van der Waals surface area contributed by atoms with E-state index in [1.807, 2.05) is 55.5 Å². The molecule has 2 fully saturated rings. The van der Waals surface area contributed by atoms with E-state index in [-0.39, 0.29) is 11.3 Å². The van der Waals surface area contributed by atoms with Crippen molar-refractivity contribution in [3.63, 3.8) is 0 Å². The van der Waals surface area contributed by atoms with Crippen LogP contribution in [0.2, 0.25) is 0 Å². The van der Waals surface area contributed by atoms with Crippen LogP contribution in [-0.2, 0) is 20.9 Å². The van der Waals surface area contributed by atoms with E-state index >= 15 is 0 Å². The molecule has 0 aliphatic carbocycles. The van der Waals surface area contributed by atoms with Gasteiger partial charge in [0.1, 0.15) is 18.1 Å². The number of amides is 1. The van der Waals surface area contributed by atoms with E-state index in [0.29, 0.717) is 44.2 Å². The molecule has 7 heteroatoms. The minimum absolute atomic E-state index is 0.108. The summed E-state index contributed by atoms with van der Waals surface area (Å²) in [6.45, 7) is 6.37. The number of hydrogen-bond donors (Lipinski definition) is 1. The Hall–Kier alpha value is -3.94. The molecular formula is C31H32N2O5. The molecule has 0 saturated carbocycles. The normalized spacial score (nSPS) is 19.6. The van der Waals surface area contributed by atoms with Gasteiger partial charge in [0.25, 0.3) is 11.7 Å². The van der Waals surface area contributed by atoms with Crippen molar-refractivity contribution < 1.29 is 24.2 Å². The largest absolute Gasteiger partial charge is 0.507 e. The zero-order valence-electron chi connectivity index (χ0n) is 21.5. The maximum atomic E-state index is 13.3. The van der Waals surface area contributed by atoms with Crippen LogP contribution in [0, 0.1) is 6.92 Å². The van der Waals surface area contributed by atoms with Crippen molar-refractivity contribution in [1.82, 2.24) is 9.80 Å². The van der Waals surface area contributed by atoms with E-state index in [2.05, 4.69) is 11.0 Å². The SMILES string of the molecule is Cc1cccc(COc2ccc(/C(O)=C3\C(=O)C(=O)N(CCN4CCOCC4)[C@@H]3c3ccccc3)cc2)c1. The molecule has 0 bridgehead atoms. The number of carbonyl (C=O) groups excluding carboxylic acids is 2. The molecule has 1 amide bonds. The van der Waals surface area contributed by atoms with Crippen LogP contribution in [0.5, 0.6) is 5.75 Å². The Morgan fingerprint density at radius 2 is 1.68 bits per heavy atom. The summed E-state index contributed by atoms with van der Waals surface area (Å²) in [7, 11) is 0. The lowest BCUT2D eigenvalue weighted by Crippen LogP contribution is -2.42. The summed E-state index contributed by atoms with van der Waals surface area (Å²) in [5, 5.41) is 11.3. The molecule has 2 aliphatic heterocycles. The minimum Gasteiger partial charge on any atom is -0.507 e. The quantitative estimate of drug-likeness (QED) is 0.275. The van der Waals surface area contributed by atoms with Crippen LogP contribution < -0.4 is 4.74 Å². The molecule has 3 aromatic rings. The number of carbonyl (C=O) groups is 2. The predicted octanol–water partition coefficient (Wildman–Crippen LogP) is 4.33. The zero-order chi connectivity index (χ0) is 26.5. The van der Waals surface area contributed by atoms with E-state index in [4.69, 9.17) is 9.47 Å². The Kier molecular flexibility index (Phi) is 7.86. The van der Waals surface area contributed by atoms with Crippen molar-refractivity contribution in [1.29, 1.82) is 0 Å². The molecule has 0 radical (unpaired) electrons. The highest BCUT2D eigenvalue weighted by atomic mass is 16.5. The number of likely N-dealkylation sites (tertiary alicyclic amines) is 1. The van der Waals surface area contributed by atoms with E-state index in [1.165, 1.54) is 5.56 Å². The van der Waals surface area contributed by atoms with Crippen molar-refractivity contribution in [2.75, 3.05) is 39.4 Å². The first kappa shape index (κ1) is 25.7. The number of ketones is 1. The first-order valence-electron chi connectivity index (χ1n) is 12.9. The Bertz CT molecular complexity index is 1310. The third kappa shape index (κ3) is 5.64. The van der Waals surface area contributed by atoms with Crippen LogP contribution >= 0.6 is 0 Å². The molecule has 1 N–H and O–H groups in total. The number of hydrogen-bond acceptors (Lipinski definition) is 6. The van der Waals surface area contributed by atoms with Crippen LogP contribution in [0.1, 0.15) is 28.3 Å². The predicted molar refractivity (Wildman–Crippen MR) is 145 cm³/mol. The monoisotopic (exact) mass is 512 g/mol. The number of rotatable bonds is 8. The van der Waals surface area contributed by atoms with Crippen LogP contribution in [0.15, 0.2) is 84.4 Å². The molecule has 1 atom stereocenters. The third-order valence-electron chi connectivity index (χ3n) is 7.03. The Labute approximate surface area is 222 Å². The highest BCUT2D eigenvalue weighted by molar-refractivity contribution is 6.46. The zero-order valence-corrected chi connectivity index (χ0v) is 21.5. The van der Waals surface area contributed by atoms with Crippen molar-refractivity contribution >= 4 is 17.4 Å². The highest BCUT2D eigenvalue weighted by Crippen LogP contribution is 2.39. The second kappa shape index (κ2) is 11.6. The molecule has 0 aromatic heterocycles. The molecule has 0 spiro atoms. The summed E-state index contributed by atoms with van der Waals surface area (Å²) in [6, 6.07) is 23.8. The van der Waals surface area contributed by atoms with Crippen molar-refractivity contribution in [2.45, 2.75) is 19.6 Å². The molecule has 2 saturated heterocycles. The van der Waals surface area contributed by atoms with E-state index < -0.39 is 17.7 Å². The number of aliphatic hydroxyl groups is 1. The van der Waals surface area contributed by atoms with Crippen LogP contribution in [0.4, 0.5) is 0 Å². The van der Waals surface area contributed by atoms with E-state index in [9.17, 15) is 14.7 Å². The van der Waals surface area contributed by atoms with Gasteiger partial charge in [-0.2, -0.15) is 0 Å². The summed E-state index contributed by atoms with van der Waals surface area (Å²) >= 11 is 0. The van der Waals surface area contributed by atoms with Gasteiger partial charge in [-0.1, -0.05) is 60.2 Å². The van der Waals surface area contributed by atoms with Crippen molar-refractivity contribution in [3.05, 3.63) is 107 Å². The van der Waals surface area contributed by atoms with E-state index in [1.54, 1.807) is 29.2 Å². The summed E-state index contributed by atoms with van der Waals surface area (Å²) in [4.78, 5) is 30.2. The number of Topliss-reactive ketones (excluding diaryl/α,β-unsaturated/α-hetero) is 1. The molecule has 5 rings (SSSR count). The summed E-state index contributed by atoms with van der Waals surface area (Å²) < 4.78 is 11.3. The summed E-state index contributed by atoms with van der Waals surface area (Å²) in [5.41, 5.74) is 3.59. The number of aliphatic hydroxyl groups excluding tert-OH is 1. The average Bonchev–Trinajstić information content (AvgIpc) is 3.21. The van der Waals surface area contributed by atoms with Gasteiger partial charge in [-0.25, -0.2) is 0 Å². The van der Waals surface area contributed by atoms with Gasteiger partial charge >= 0.3 is 0 Å². The molecule has 2 heterocycles. The Morgan fingerprint density at radius 1 is 0.947 bits per heavy atom. The summed E-state index contributed by atoms with van der Waals surface area (Å²) in [5.74, 6) is -0.796. The smallest absolute Gasteiger partial charge is 0.295 e. The van der Waals surface area contributed by atoms with Gasteiger partial charge in [0.2, 0.25) is 0 Å². The van der Waals surface area contributed by atoms with Crippen molar-refractivity contribution in [2.24, 2.45) is 0 Å². The topological polar surface area (TPSA) is 79.3 Å². The molecule has 38 heavy (non-hydrogen) atoms. The molecule has 7 nitrogen and oxygen atoms in total. The molecule has 196 valence electrons. The lowest BCUT2D eigenvalue weighted by Gasteiger charge is -2.31. The first-order chi connectivity index (χ1) is 18.5. The first-order valence-corrected chi connectivity index (χ1v) is 12.9. The lowest BCUT2D eigenvalue weighted by atomic mass is 9.95. The van der Waals surface area contributed by atoms with Gasteiger partial charge in [0, 0.05) is 31.7 Å². The molecule has 0 unspecified atom stereocenters. The fourth-order valence-corrected chi connectivity index (χ4v) is 5.00. The summed E-state index contributed by atoms with van der Waals surface area (Å²) in [6.07, 6.45) is 0. The number of nitrogens with zero attached hydrogens (tertiary/aromatic N) is 2. The van der Waals surface area contributed by atoms with Gasteiger partial charge in [-0.3, -0.25) is 14.5 Å². The van der Waals surface area contributed by atoms with Gasteiger partial charge in [0.15, 0.2) is 0 Å². The van der Waals surface area contributed by atoms with Crippen LogP contribution in [-0.4, -0.2) is 66.0 Å².